The highest BCUT2D eigenvalue weighted by atomic mass is 35.5. The predicted molar refractivity (Wildman–Crippen MR) is 106 cm³/mol. The van der Waals surface area contributed by atoms with Crippen molar-refractivity contribution in [2.45, 2.75) is 25.8 Å². The van der Waals surface area contributed by atoms with Gasteiger partial charge in [-0.2, -0.15) is 0 Å². The number of amides is 2. The molecule has 1 aliphatic rings. The maximum atomic E-state index is 12.4. The number of hydrogen-bond acceptors (Lipinski definition) is 3. The topological polar surface area (TPSA) is 61.4 Å². The first-order chi connectivity index (χ1) is 12.4. The molecule has 1 unspecified atom stereocenters. The van der Waals surface area contributed by atoms with Crippen molar-refractivity contribution in [3.63, 3.8) is 0 Å². The third kappa shape index (κ3) is 4.29. The number of anilines is 3. The number of benzene rings is 2. The SMILES string of the molecule is CC(Nc1ccc(N2CCCC2=O)cc1)C(=O)Nc1cc(Cl)ccc1Cl. The highest BCUT2D eigenvalue weighted by Gasteiger charge is 2.21. The minimum Gasteiger partial charge on any atom is -0.374 e. The summed E-state index contributed by atoms with van der Waals surface area (Å²) in [5.41, 5.74) is 2.14. The average Bonchev–Trinajstić information content (AvgIpc) is 3.04. The molecule has 0 saturated carbocycles. The molecule has 0 radical (unpaired) electrons. The van der Waals surface area contributed by atoms with Crippen molar-refractivity contribution in [2.75, 3.05) is 22.1 Å². The minimum atomic E-state index is -0.482. The smallest absolute Gasteiger partial charge is 0.246 e. The molecule has 2 amide bonds. The van der Waals surface area contributed by atoms with Crippen LogP contribution in [0.15, 0.2) is 42.5 Å². The Hall–Kier alpha value is -2.24. The fourth-order valence-corrected chi connectivity index (χ4v) is 3.15. The Morgan fingerprint density at radius 1 is 1.15 bits per heavy atom. The zero-order valence-electron chi connectivity index (χ0n) is 14.3. The van der Waals surface area contributed by atoms with Crippen molar-refractivity contribution >= 4 is 52.1 Å². The van der Waals surface area contributed by atoms with E-state index < -0.39 is 6.04 Å². The van der Waals surface area contributed by atoms with Gasteiger partial charge in [0.1, 0.15) is 6.04 Å². The summed E-state index contributed by atoms with van der Waals surface area (Å²) in [5.74, 6) is -0.0789. The van der Waals surface area contributed by atoms with Gasteiger partial charge in [0.05, 0.1) is 10.7 Å². The van der Waals surface area contributed by atoms with Crippen LogP contribution in [0.4, 0.5) is 17.1 Å². The highest BCUT2D eigenvalue weighted by Crippen LogP contribution is 2.26. The van der Waals surface area contributed by atoms with E-state index in [-0.39, 0.29) is 11.8 Å². The van der Waals surface area contributed by atoms with Crippen LogP contribution >= 0.6 is 23.2 Å². The number of nitrogens with zero attached hydrogens (tertiary/aromatic N) is 1. The van der Waals surface area contributed by atoms with Gasteiger partial charge in [0.25, 0.3) is 0 Å². The van der Waals surface area contributed by atoms with Gasteiger partial charge < -0.3 is 15.5 Å². The number of carbonyl (C=O) groups is 2. The first-order valence-electron chi connectivity index (χ1n) is 8.37. The number of carbonyl (C=O) groups excluding carboxylic acids is 2. The zero-order valence-corrected chi connectivity index (χ0v) is 15.8. The molecule has 136 valence electrons. The van der Waals surface area contributed by atoms with Crippen molar-refractivity contribution < 1.29 is 9.59 Å². The molecule has 26 heavy (non-hydrogen) atoms. The Balaban J connectivity index is 1.62. The van der Waals surface area contributed by atoms with Crippen LogP contribution in [0.3, 0.4) is 0 Å². The lowest BCUT2D eigenvalue weighted by Crippen LogP contribution is -2.32. The first kappa shape index (κ1) is 18.5. The maximum Gasteiger partial charge on any atom is 0.246 e. The van der Waals surface area contributed by atoms with Gasteiger partial charge in [-0.15, -0.1) is 0 Å². The normalized spacial score (nSPS) is 15.0. The van der Waals surface area contributed by atoms with Crippen LogP contribution in [0.2, 0.25) is 10.0 Å². The van der Waals surface area contributed by atoms with E-state index in [0.717, 1.165) is 24.3 Å². The van der Waals surface area contributed by atoms with Gasteiger partial charge in [-0.1, -0.05) is 23.2 Å². The lowest BCUT2D eigenvalue weighted by atomic mass is 10.2. The van der Waals surface area contributed by atoms with E-state index in [0.29, 0.717) is 22.2 Å². The quantitative estimate of drug-likeness (QED) is 0.784. The highest BCUT2D eigenvalue weighted by molar-refractivity contribution is 6.35. The summed E-state index contributed by atoms with van der Waals surface area (Å²) in [7, 11) is 0. The minimum absolute atomic E-state index is 0.150. The lowest BCUT2D eigenvalue weighted by molar-refractivity contribution is -0.117. The van der Waals surface area contributed by atoms with E-state index >= 15 is 0 Å². The van der Waals surface area contributed by atoms with Crippen LogP contribution in [0.5, 0.6) is 0 Å². The number of halogens is 2. The van der Waals surface area contributed by atoms with Crippen molar-refractivity contribution in [1.29, 1.82) is 0 Å². The molecular formula is C19H19Cl2N3O2. The summed E-state index contributed by atoms with van der Waals surface area (Å²) < 4.78 is 0. The van der Waals surface area contributed by atoms with E-state index in [4.69, 9.17) is 23.2 Å². The molecule has 2 aromatic carbocycles. The molecule has 0 bridgehead atoms. The molecule has 1 fully saturated rings. The van der Waals surface area contributed by atoms with Crippen LogP contribution < -0.4 is 15.5 Å². The second kappa shape index (κ2) is 7.98. The second-order valence-electron chi connectivity index (χ2n) is 6.18. The molecule has 0 spiro atoms. The molecule has 1 aliphatic heterocycles. The summed E-state index contributed by atoms with van der Waals surface area (Å²) >= 11 is 12.0. The summed E-state index contributed by atoms with van der Waals surface area (Å²) in [6.45, 7) is 2.51. The Kier molecular flexibility index (Phi) is 5.69. The standard InChI is InChI=1S/C19H19Cl2N3O2/c1-12(19(26)23-17-11-13(20)4-9-16(17)21)22-14-5-7-15(8-6-14)24-10-2-3-18(24)25/h4-9,11-12,22H,2-3,10H2,1H3,(H,23,26). The van der Waals surface area contributed by atoms with Gasteiger partial charge in [0, 0.05) is 29.4 Å². The van der Waals surface area contributed by atoms with Gasteiger partial charge in [0.2, 0.25) is 11.8 Å². The predicted octanol–water partition coefficient (Wildman–Crippen LogP) is 4.56. The number of hydrogen-bond donors (Lipinski definition) is 2. The second-order valence-corrected chi connectivity index (χ2v) is 7.02. The van der Waals surface area contributed by atoms with Crippen LogP contribution in [0.25, 0.3) is 0 Å². The van der Waals surface area contributed by atoms with Crippen molar-refractivity contribution in [3.05, 3.63) is 52.5 Å². The van der Waals surface area contributed by atoms with Crippen molar-refractivity contribution in [1.82, 2.24) is 0 Å². The van der Waals surface area contributed by atoms with Gasteiger partial charge in [0.15, 0.2) is 0 Å². The molecule has 1 saturated heterocycles. The maximum absolute atomic E-state index is 12.4. The fourth-order valence-electron chi connectivity index (χ4n) is 2.81. The Bertz CT molecular complexity index is 824. The van der Waals surface area contributed by atoms with Gasteiger partial charge in [-0.3, -0.25) is 9.59 Å². The van der Waals surface area contributed by atoms with E-state index in [9.17, 15) is 9.59 Å². The Morgan fingerprint density at radius 3 is 2.54 bits per heavy atom. The Labute approximate surface area is 162 Å². The van der Waals surface area contributed by atoms with Crippen molar-refractivity contribution in [2.24, 2.45) is 0 Å². The molecule has 1 heterocycles. The number of nitrogens with one attached hydrogen (secondary N) is 2. The van der Waals surface area contributed by atoms with Crippen molar-refractivity contribution in [3.8, 4) is 0 Å². The molecule has 1 atom stereocenters. The third-order valence-corrected chi connectivity index (χ3v) is 4.78. The molecule has 0 aliphatic carbocycles. The molecule has 0 aromatic heterocycles. The van der Waals surface area contributed by atoms with Crippen LogP contribution in [-0.4, -0.2) is 24.4 Å². The van der Waals surface area contributed by atoms with E-state index in [2.05, 4.69) is 10.6 Å². The third-order valence-electron chi connectivity index (χ3n) is 4.22. The van der Waals surface area contributed by atoms with E-state index in [1.807, 2.05) is 24.3 Å². The molecule has 2 N–H and O–H groups in total. The van der Waals surface area contributed by atoms with Gasteiger partial charge >= 0.3 is 0 Å². The number of rotatable bonds is 5. The largest absolute Gasteiger partial charge is 0.374 e. The summed E-state index contributed by atoms with van der Waals surface area (Å²) in [4.78, 5) is 25.9. The summed E-state index contributed by atoms with van der Waals surface area (Å²) in [6.07, 6.45) is 1.49. The van der Waals surface area contributed by atoms with Crippen LogP contribution in [0, 0.1) is 0 Å². The summed E-state index contributed by atoms with van der Waals surface area (Å²) in [6, 6.07) is 11.9. The van der Waals surface area contributed by atoms with Crippen LogP contribution in [0.1, 0.15) is 19.8 Å². The molecule has 2 aromatic rings. The molecule has 5 nitrogen and oxygen atoms in total. The van der Waals surface area contributed by atoms with E-state index in [1.165, 1.54) is 0 Å². The first-order valence-corrected chi connectivity index (χ1v) is 9.12. The molecule has 3 rings (SSSR count). The summed E-state index contributed by atoms with van der Waals surface area (Å²) in [5, 5.41) is 6.82. The van der Waals surface area contributed by atoms with Gasteiger partial charge in [-0.05, 0) is 55.8 Å². The average molecular weight is 392 g/mol. The van der Waals surface area contributed by atoms with E-state index in [1.54, 1.807) is 30.0 Å². The fraction of sp³-hybridized carbons (Fsp3) is 0.263. The molecular weight excluding hydrogens is 373 g/mol. The Morgan fingerprint density at radius 2 is 1.88 bits per heavy atom. The van der Waals surface area contributed by atoms with Crippen LogP contribution in [-0.2, 0) is 9.59 Å². The van der Waals surface area contributed by atoms with Gasteiger partial charge in [-0.25, -0.2) is 0 Å². The lowest BCUT2D eigenvalue weighted by Gasteiger charge is -2.18. The monoisotopic (exact) mass is 391 g/mol. The molecule has 7 heteroatoms. The zero-order chi connectivity index (χ0) is 18.7.